The van der Waals surface area contributed by atoms with Gasteiger partial charge in [-0.15, -0.1) is 0 Å². The topological polar surface area (TPSA) is 109 Å². The Morgan fingerprint density at radius 2 is 2.03 bits per heavy atom. The highest BCUT2D eigenvalue weighted by atomic mass is 19.1. The lowest BCUT2D eigenvalue weighted by Crippen LogP contribution is -2.35. The maximum Gasteiger partial charge on any atom is 0.258 e. The standard InChI is InChI=1S/C21H22FN5O2/c1-12(2)27(11-23)20(24)14-4-3-5-15(8-14)25-21(29)16-10-18-13(9-17(16)22)6-7-19(28)26-18/h3-5,8-12,23-24H,6-7H2,1-2H3,(H,25,29)(H,26,28). The van der Waals surface area contributed by atoms with E-state index in [2.05, 4.69) is 10.6 Å². The quantitative estimate of drug-likeness (QED) is 0.459. The van der Waals surface area contributed by atoms with Crippen LogP contribution >= 0.6 is 0 Å². The summed E-state index contributed by atoms with van der Waals surface area (Å²) >= 11 is 0. The van der Waals surface area contributed by atoms with Gasteiger partial charge in [-0.1, -0.05) is 12.1 Å². The Morgan fingerprint density at radius 1 is 1.28 bits per heavy atom. The molecule has 0 spiro atoms. The number of rotatable bonds is 5. The largest absolute Gasteiger partial charge is 0.326 e. The van der Waals surface area contributed by atoms with Crippen molar-refractivity contribution in [3.8, 4) is 0 Å². The van der Waals surface area contributed by atoms with Crippen molar-refractivity contribution >= 4 is 35.4 Å². The lowest BCUT2D eigenvalue weighted by molar-refractivity contribution is -0.116. The Balaban J connectivity index is 1.83. The van der Waals surface area contributed by atoms with E-state index in [0.29, 0.717) is 35.3 Å². The first-order valence-corrected chi connectivity index (χ1v) is 9.21. The number of amidine groups is 1. The van der Waals surface area contributed by atoms with Crippen molar-refractivity contribution < 1.29 is 14.0 Å². The number of fused-ring (bicyclic) bond motifs is 1. The minimum Gasteiger partial charge on any atom is -0.326 e. The van der Waals surface area contributed by atoms with E-state index < -0.39 is 11.7 Å². The molecule has 4 N–H and O–H groups in total. The van der Waals surface area contributed by atoms with E-state index in [9.17, 15) is 14.0 Å². The molecule has 1 aliphatic heterocycles. The van der Waals surface area contributed by atoms with Crippen LogP contribution in [0.25, 0.3) is 0 Å². The number of nitrogens with one attached hydrogen (secondary N) is 4. The summed E-state index contributed by atoms with van der Waals surface area (Å²) in [4.78, 5) is 25.7. The van der Waals surface area contributed by atoms with E-state index in [1.807, 2.05) is 13.8 Å². The molecule has 0 fully saturated rings. The first-order valence-electron chi connectivity index (χ1n) is 9.21. The molecule has 7 nitrogen and oxygen atoms in total. The van der Waals surface area contributed by atoms with Crippen LogP contribution in [-0.2, 0) is 11.2 Å². The Hall–Kier alpha value is -3.55. The van der Waals surface area contributed by atoms with Crippen LogP contribution in [0.4, 0.5) is 15.8 Å². The number of amides is 2. The van der Waals surface area contributed by atoms with Crippen LogP contribution in [0, 0.1) is 16.6 Å². The fourth-order valence-corrected chi connectivity index (χ4v) is 3.14. The molecular formula is C21H22FN5O2. The summed E-state index contributed by atoms with van der Waals surface area (Å²) in [5.74, 6) is -1.35. The van der Waals surface area contributed by atoms with E-state index in [-0.39, 0.29) is 23.3 Å². The molecule has 150 valence electrons. The van der Waals surface area contributed by atoms with Gasteiger partial charge >= 0.3 is 0 Å². The van der Waals surface area contributed by atoms with Crippen LogP contribution in [0.2, 0.25) is 0 Å². The molecule has 2 amide bonds. The molecule has 1 heterocycles. The highest BCUT2D eigenvalue weighted by Crippen LogP contribution is 2.26. The Labute approximate surface area is 167 Å². The number of aryl methyl sites for hydroxylation is 1. The first-order chi connectivity index (χ1) is 13.8. The van der Waals surface area contributed by atoms with Crippen LogP contribution < -0.4 is 10.6 Å². The molecule has 0 aliphatic carbocycles. The van der Waals surface area contributed by atoms with Crippen molar-refractivity contribution in [1.82, 2.24) is 4.90 Å². The number of hydrogen-bond acceptors (Lipinski definition) is 4. The van der Waals surface area contributed by atoms with Crippen molar-refractivity contribution in [2.45, 2.75) is 32.7 Å². The molecule has 0 unspecified atom stereocenters. The highest BCUT2D eigenvalue weighted by molar-refractivity contribution is 6.07. The summed E-state index contributed by atoms with van der Waals surface area (Å²) in [6.45, 7) is 3.73. The summed E-state index contributed by atoms with van der Waals surface area (Å²) in [5, 5.41) is 21.1. The molecule has 0 bridgehead atoms. The Morgan fingerprint density at radius 3 is 2.72 bits per heavy atom. The molecule has 0 saturated carbocycles. The second-order valence-corrected chi connectivity index (χ2v) is 7.05. The van der Waals surface area contributed by atoms with Gasteiger partial charge in [-0.3, -0.25) is 20.4 Å². The van der Waals surface area contributed by atoms with E-state index >= 15 is 0 Å². The zero-order valence-electron chi connectivity index (χ0n) is 16.2. The zero-order valence-corrected chi connectivity index (χ0v) is 16.2. The van der Waals surface area contributed by atoms with Gasteiger partial charge in [0.1, 0.15) is 11.7 Å². The minimum atomic E-state index is -0.656. The second-order valence-electron chi connectivity index (χ2n) is 7.05. The van der Waals surface area contributed by atoms with Gasteiger partial charge in [0.05, 0.1) is 11.9 Å². The molecule has 2 aromatic carbocycles. The predicted octanol–water partition coefficient (Wildman–Crippen LogP) is 3.61. The summed E-state index contributed by atoms with van der Waals surface area (Å²) < 4.78 is 14.4. The molecule has 8 heteroatoms. The molecule has 0 aromatic heterocycles. The molecule has 0 saturated heterocycles. The van der Waals surface area contributed by atoms with Crippen molar-refractivity contribution in [2.75, 3.05) is 10.6 Å². The average molecular weight is 395 g/mol. The van der Waals surface area contributed by atoms with Crippen molar-refractivity contribution in [3.05, 3.63) is 58.9 Å². The third-order valence-electron chi connectivity index (χ3n) is 4.68. The molecular weight excluding hydrogens is 373 g/mol. The maximum absolute atomic E-state index is 14.4. The number of hydrogen-bond donors (Lipinski definition) is 4. The summed E-state index contributed by atoms with van der Waals surface area (Å²) in [6, 6.07) is 9.16. The molecule has 0 atom stereocenters. The lowest BCUT2D eigenvalue weighted by atomic mass is 10.00. The van der Waals surface area contributed by atoms with Gasteiger partial charge in [-0.05, 0) is 50.1 Å². The number of anilines is 2. The van der Waals surface area contributed by atoms with Gasteiger partial charge in [0, 0.05) is 29.4 Å². The molecule has 2 aromatic rings. The fraction of sp³-hybridized carbons (Fsp3) is 0.238. The fourth-order valence-electron chi connectivity index (χ4n) is 3.14. The van der Waals surface area contributed by atoms with E-state index in [1.54, 1.807) is 24.3 Å². The summed E-state index contributed by atoms with van der Waals surface area (Å²) in [7, 11) is 0. The molecule has 1 aliphatic rings. The Kier molecular flexibility index (Phi) is 5.72. The van der Waals surface area contributed by atoms with E-state index in [1.165, 1.54) is 17.0 Å². The van der Waals surface area contributed by atoms with Crippen molar-refractivity contribution in [3.63, 3.8) is 0 Å². The SMILES string of the molecule is CC(C)N(C=N)C(=N)c1cccc(NC(=O)c2cc3c(cc2F)CCC(=O)N3)c1. The summed E-state index contributed by atoms with van der Waals surface area (Å²) in [5.41, 5.74) is 1.84. The first kappa shape index (κ1) is 20.2. The Bertz CT molecular complexity index is 1000. The van der Waals surface area contributed by atoms with Crippen molar-refractivity contribution in [1.29, 1.82) is 10.8 Å². The molecule has 3 rings (SSSR count). The van der Waals surface area contributed by atoms with Crippen molar-refractivity contribution in [2.24, 2.45) is 0 Å². The minimum absolute atomic E-state index is 0.0713. The van der Waals surface area contributed by atoms with E-state index in [4.69, 9.17) is 10.8 Å². The van der Waals surface area contributed by atoms with Gasteiger partial charge < -0.3 is 15.5 Å². The van der Waals surface area contributed by atoms with Crippen LogP contribution in [0.3, 0.4) is 0 Å². The van der Waals surface area contributed by atoms with Gasteiger partial charge in [-0.25, -0.2) is 4.39 Å². The normalized spacial score (nSPS) is 12.8. The van der Waals surface area contributed by atoms with Crippen LogP contribution in [0.15, 0.2) is 36.4 Å². The zero-order chi connectivity index (χ0) is 21.1. The smallest absolute Gasteiger partial charge is 0.258 e. The maximum atomic E-state index is 14.4. The van der Waals surface area contributed by atoms with Gasteiger partial charge in [0.2, 0.25) is 5.91 Å². The third kappa shape index (κ3) is 4.31. The third-order valence-corrected chi connectivity index (χ3v) is 4.68. The highest BCUT2D eigenvalue weighted by Gasteiger charge is 2.21. The predicted molar refractivity (Wildman–Crippen MR) is 110 cm³/mol. The van der Waals surface area contributed by atoms with Crippen LogP contribution in [-0.4, -0.2) is 34.9 Å². The number of nitrogens with zero attached hydrogens (tertiary/aromatic N) is 1. The van der Waals surface area contributed by atoms with Gasteiger partial charge in [-0.2, -0.15) is 0 Å². The number of carbonyl (C=O) groups is 2. The average Bonchev–Trinajstić information content (AvgIpc) is 2.68. The monoisotopic (exact) mass is 395 g/mol. The van der Waals surface area contributed by atoms with E-state index in [0.717, 1.165) is 6.34 Å². The number of benzene rings is 2. The van der Waals surface area contributed by atoms with Crippen LogP contribution in [0.5, 0.6) is 0 Å². The number of carbonyl (C=O) groups excluding carboxylic acids is 2. The van der Waals surface area contributed by atoms with Gasteiger partial charge in [0.15, 0.2) is 0 Å². The molecule has 0 radical (unpaired) electrons. The lowest BCUT2D eigenvalue weighted by Gasteiger charge is -2.24. The van der Waals surface area contributed by atoms with Gasteiger partial charge in [0.25, 0.3) is 5.91 Å². The number of halogens is 1. The molecule has 29 heavy (non-hydrogen) atoms. The second kappa shape index (κ2) is 8.22. The van der Waals surface area contributed by atoms with Crippen LogP contribution in [0.1, 0.15) is 41.8 Å². The summed E-state index contributed by atoms with van der Waals surface area (Å²) in [6.07, 6.45) is 1.80.